The molecule has 0 radical (unpaired) electrons. The van der Waals surface area contributed by atoms with Crippen LogP contribution in [0.25, 0.3) is 10.9 Å². The number of hydrogen-bond donors (Lipinski definition) is 1. The molecule has 24 heavy (non-hydrogen) atoms. The minimum Gasteiger partial charge on any atom is -0.494 e. The summed E-state index contributed by atoms with van der Waals surface area (Å²) in [6, 6.07) is 14.0. The highest BCUT2D eigenvalue weighted by Gasteiger charge is 2.09. The average molecular weight is 322 g/mol. The second-order valence-electron chi connectivity index (χ2n) is 5.96. The molecule has 1 aromatic heterocycles. The molecule has 0 aliphatic carbocycles. The fourth-order valence-electron chi connectivity index (χ4n) is 2.79. The van der Waals surface area contributed by atoms with Gasteiger partial charge >= 0.3 is 0 Å². The second kappa shape index (κ2) is 6.79. The smallest absolute Gasteiger partial charge is 0.244 e. The summed E-state index contributed by atoms with van der Waals surface area (Å²) in [4.78, 5) is 12.4. The number of aryl methyl sites for hydroxylation is 2. The Morgan fingerprint density at radius 1 is 1.12 bits per heavy atom. The van der Waals surface area contributed by atoms with E-state index in [1.165, 1.54) is 0 Å². The lowest BCUT2D eigenvalue weighted by Gasteiger charge is -2.11. The van der Waals surface area contributed by atoms with Gasteiger partial charge in [-0.25, -0.2) is 0 Å². The van der Waals surface area contributed by atoms with Crippen LogP contribution in [0.4, 0.5) is 5.69 Å². The van der Waals surface area contributed by atoms with Crippen LogP contribution in [0.5, 0.6) is 5.75 Å². The van der Waals surface area contributed by atoms with Crippen molar-refractivity contribution in [3.8, 4) is 5.75 Å². The Morgan fingerprint density at radius 2 is 1.96 bits per heavy atom. The molecule has 0 saturated heterocycles. The molecule has 0 atom stereocenters. The molecule has 1 amide bonds. The summed E-state index contributed by atoms with van der Waals surface area (Å²) in [5.74, 6) is 0.817. The van der Waals surface area contributed by atoms with Crippen LogP contribution in [0.3, 0.4) is 0 Å². The molecule has 0 saturated carbocycles. The molecule has 1 heterocycles. The van der Waals surface area contributed by atoms with Gasteiger partial charge in [0.05, 0.1) is 6.61 Å². The van der Waals surface area contributed by atoms with Crippen LogP contribution in [0.1, 0.15) is 18.1 Å². The van der Waals surface area contributed by atoms with Crippen molar-refractivity contribution in [2.45, 2.75) is 27.3 Å². The first-order chi connectivity index (χ1) is 11.6. The van der Waals surface area contributed by atoms with Crippen molar-refractivity contribution in [1.82, 2.24) is 4.57 Å². The highest BCUT2D eigenvalue weighted by atomic mass is 16.5. The summed E-state index contributed by atoms with van der Waals surface area (Å²) >= 11 is 0. The fourth-order valence-corrected chi connectivity index (χ4v) is 2.79. The van der Waals surface area contributed by atoms with Crippen molar-refractivity contribution < 1.29 is 9.53 Å². The van der Waals surface area contributed by atoms with Gasteiger partial charge in [0.1, 0.15) is 12.3 Å². The summed E-state index contributed by atoms with van der Waals surface area (Å²) in [7, 11) is 0. The van der Waals surface area contributed by atoms with Crippen LogP contribution in [-0.4, -0.2) is 17.1 Å². The van der Waals surface area contributed by atoms with Gasteiger partial charge < -0.3 is 14.6 Å². The van der Waals surface area contributed by atoms with E-state index >= 15 is 0 Å². The van der Waals surface area contributed by atoms with E-state index in [0.29, 0.717) is 6.61 Å². The van der Waals surface area contributed by atoms with Gasteiger partial charge in [-0.15, -0.1) is 0 Å². The zero-order valence-electron chi connectivity index (χ0n) is 14.3. The van der Waals surface area contributed by atoms with Gasteiger partial charge in [0.2, 0.25) is 5.91 Å². The third-order valence-electron chi connectivity index (χ3n) is 4.03. The summed E-state index contributed by atoms with van der Waals surface area (Å²) in [6.07, 6.45) is 1.93. The summed E-state index contributed by atoms with van der Waals surface area (Å²) in [6.45, 7) is 6.90. The summed E-state index contributed by atoms with van der Waals surface area (Å²) in [5.41, 5.74) is 4.09. The monoisotopic (exact) mass is 322 g/mol. The normalized spacial score (nSPS) is 10.8. The number of ether oxygens (including phenoxy) is 1. The minimum absolute atomic E-state index is 0.0323. The largest absolute Gasteiger partial charge is 0.494 e. The topological polar surface area (TPSA) is 43.3 Å². The van der Waals surface area contributed by atoms with Crippen molar-refractivity contribution in [1.29, 1.82) is 0 Å². The maximum atomic E-state index is 12.4. The van der Waals surface area contributed by atoms with Gasteiger partial charge in [0.15, 0.2) is 0 Å². The molecule has 0 fully saturated rings. The van der Waals surface area contributed by atoms with Crippen LogP contribution in [-0.2, 0) is 11.3 Å². The van der Waals surface area contributed by atoms with Crippen molar-refractivity contribution in [3.63, 3.8) is 0 Å². The van der Waals surface area contributed by atoms with Crippen molar-refractivity contribution in [2.75, 3.05) is 11.9 Å². The first-order valence-electron chi connectivity index (χ1n) is 8.15. The minimum atomic E-state index is -0.0323. The van der Waals surface area contributed by atoms with Crippen LogP contribution < -0.4 is 10.1 Å². The van der Waals surface area contributed by atoms with Gasteiger partial charge in [0, 0.05) is 22.8 Å². The number of amides is 1. The SMILES string of the molecule is CCOc1ccc2c(ccn2CC(=O)Nc2cc(C)ccc2C)c1. The Labute approximate surface area is 142 Å². The molecular formula is C20H22N2O2. The number of hydrogen-bond acceptors (Lipinski definition) is 2. The zero-order valence-corrected chi connectivity index (χ0v) is 14.3. The predicted molar refractivity (Wildman–Crippen MR) is 97.7 cm³/mol. The van der Waals surface area contributed by atoms with Crippen LogP contribution in [0, 0.1) is 13.8 Å². The summed E-state index contributed by atoms with van der Waals surface area (Å²) in [5, 5.41) is 4.07. The highest BCUT2D eigenvalue weighted by molar-refractivity contribution is 5.93. The second-order valence-corrected chi connectivity index (χ2v) is 5.96. The van der Waals surface area contributed by atoms with Gasteiger partial charge in [-0.2, -0.15) is 0 Å². The molecule has 4 nitrogen and oxygen atoms in total. The highest BCUT2D eigenvalue weighted by Crippen LogP contribution is 2.22. The van der Waals surface area contributed by atoms with Crippen LogP contribution in [0.2, 0.25) is 0 Å². The summed E-state index contributed by atoms with van der Waals surface area (Å²) < 4.78 is 7.47. The quantitative estimate of drug-likeness (QED) is 0.761. The number of benzene rings is 2. The molecule has 0 bridgehead atoms. The molecule has 4 heteroatoms. The van der Waals surface area contributed by atoms with E-state index in [2.05, 4.69) is 5.32 Å². The molecular weight excluding hydrogens is 300 g/mol. The van der Waals surface area contributed by atoms with Gasteiger partial charge in [-0.1, -0.05) is 12.1 Å². The third kappa shape index (κ3) is 3.43. The maximum absolute atomic E-state index is 12.4. The van der Waals surface area contributed by atoms with Crippen molar-refractivity contribution >= 4 is 22.5 Å². The van der Waals surface area contributed by atoms with E-state index in [4.69, 9.17) is 4.74 Å². The Kier molecular flexibility index (Phi) is 4.56. The number of carbonyl (C=O) groups is 1. The molecule has 0 aliphatic heterocycles. The molecule has 124 valence electrons. The molecule has 0 unspecified atom stereocenters. The number of rotatable bonds is 5. The molecule has 0 aliphatic rings. The van der Waals surface area contributed by atoms with E-state index in [9.17, 15) is 4.79 Å². The standard InChI is InChI=1S/C20H22N2O2/c1-4-24-17-7-8-19-16(12-17)9-10-22(19)13-20(23)21-18-11-14(2)5-6-15(18)3/h5-12H,4,13H2,1-3H3,(H,21,23). The number of anilines is 1. The van der Waals surface area contributed by atoms with E-state index in [1.807, 2.05) is 74.0 Å². The van der Waals surface area contributed by atoms with Crippen molar-refractivity contribution in [3.05, 3.63) is 59.8 Å². The van der Waals surface area contributed by atoms with Crippen LogP contribution >= 0.6 is 0 Å². The van der Waals surface area contributed by atoms with Gasteiger partial charge in [-0.05, 0) is 62.2 Å². The predicted octanol–water partition coefficient (Wildman–Crippen LogP) is 4.30. The third-order valence-corrected chi connectivity index (χ3v) is 4.03. The Balaban J connectivity index is 1.77. The molecule has 3 aromatic rings. The molecule has 0 spiro atoms. The van der Waals surface area contributed by atoms with E-state index in [0.717, 1.165) is 33.5 Å². The molecule has 1 N–H and O–H groups in total. The Hall–Kier alpha value is -2.75. The molecule has 3 rings (SSSR count). The number of aromatic nitrogens is 1. The molecule has 2 aromatic carbocycles. The lowest BCUT2D eigenvalue weighted by Crippen LogP contribution is -2.18. The average Bonchev–Trinajstić information content (AvgIpc) is 2.93. The number of carbonyl (C=O) groups excluding carboxylic acids is 1. The lowest BCUT2D eigenvalue weighted by molar-refractivity contribution is -0.116. The van der Waals surface area contributed by atoms with Gasteiger partial charge in [0.25, 0.3) is 0 Å². The lowest BCUT2D eigenvalue weighted by atomic mass is 10.1. The van der Waals surface area contributed by atoms with E-state index in [-0.39, 0.29) is 12.5 Å². The fraction of sp³-hybridized carbons (Fsp3) is 0.250. The van der Waals surface area contributed by atoms with Crippen LogP contribution in [0.15, 0.2) is 48.7 Å². The van der Waals surface area contributed by atoms with E-state index in [1.54, 1.807) is 0 Å². The Morgan fingerprint density at radius 3 is 2.75 bits per heavy atom. The maximum Gasteiger partial charge on any atom is 0.244 e. The zero-order chi connectivity index (χ0) is 17.1. The van der Waals surface area contributed by atoms with E-state index < -0.39 is 0 Å². The first-order valence-corrected chi connectivity index (χ1v) is 8.15. The van der Waals surface area contributed by atoms with Crippen molar-refractivity contribution in [2.24, 2.45) is 0 Å². The Bertz CT molecular complexity index is 880. The number of fused-ring (bicyclic) bond motifs is 1. The van der Waals surface area contributed by atoms with Gasteiger partial charge in [-0.3, -0.25) is 4.79 Å². The number of nitrogens with one attached hydrogen (secondary N) is 1. The first kappa shape index (κ1) is 16.1. The number of nitrogens with zero attached hydrogens (tertiary/aromatic N) is 1.